The Morgan fingerprint density at radius 3 is 2.46 bits per heavy atom. The predicted octanol–water partition coefficient (Wildman–Crippen LogP) is -0.0794. The molecule has 2 fully saturated rings. The van der Waals surface area contributed by atoms with Crippen molar-refractivity contribution in [3.05, 3.63) is 15.8 Å². The zero-order valence-corrected chi connectivity index (χ0v) is 15.5. The fourth-order valence-corrected chi connectivity index (χ4v) is 6.22. The van der Waals surface area contributed by atoms with E-state index in [1.165, 1.54) is 15.6 Å². The van der Waals surface area contributed by atoms with E-state index in [0.717, 1.165) is 9.75 Å². The molecule has 0 saturated carbocycles. The van der Waals surface area contributed by atoms with E-state index in [1.54, 1.807) is 11.0 Å². The van der Waals surface area contributed by atoms with Crippen LogP contribution >= 0.6 is 11.3 Å². The first kappa shape index (κ1) is 17.8. The molecule has 0 spiro atoms. The topological polar surface area (TPSA) is 90.0 Å². The Bertz CT molecular complexity index is 723. The van der Waals surface area contributed by atoms with Gasteiger partial charge in [-0.25, -0.2) is 8.42 Å². The summed E-state index contributed by atoms with van der Waals surface area (Å²) in [6, 6.07) is 1.36. The van der Waals surface area contributed by atoms with Crippen molar-refractivity contribution in [1.29, 1.82) is 0 Å². The molecular formula is C15H23N3O4S2. The largest absolute Gasteiger partial charge is 0.392 e. The van der Waals surface area contributed by atoms with Crippen LogP contribution in [0.15, 0.2) is 11.0 Å². The second-order valence-electron chi connectivity index (χ2n) is 6.36. The Hall–Kier alpha value is -1.00. The fourth-order valence-electron chi connectivity index (χ4n) is 3.28. The van der Waals surface area contributed by atoms with Gasteiger partial charge in [0.15, 0.2) is 0 Å². The molecule has 1 amide bonds. The van der Waals surface area contributed by atoms with Gasteiger partial charge in [0, 0.05) is 42.5 Å². The number of amides is 1. The van der Waals surface area contributed by atoms with Gasteiger partial charge in [-0.05, 0) is 26.3 Å². The SMILES string of the molecule is Cc1cc(S(=O)(=O)N2CCN(C(=O)C3CC(O)CN3)CC2)c(C)s1. The maximum atomic E-state index is 12.8. The smallest absolute Gasteiger partial charge is 0.244 e. The van der Waals surface area contributed by atoms with Crippen molar-refractivity contribution in [3.63, 3.8) is 0 Å². The average Bonchev–Trinajstić information content (AvgIpc) is 3.12. The normalized spacial score (nSPS) is 26.0. The number of hydrogen-bond donors (Lipinski definition) is 2. The Morgan fingerprint density at radius 2 is 1.96 bits per heavy atom. The average molecular weight is 374 g/mol. The molecule has 2 unspecified atom stereocenters. The maximum absolute atomic E-state index is 12.8. The van der Waals surface area contributed by atoms with E-state index in [1.807, 2.05) is 13.8 Å². The van der Waals surface area contributed by atoms with Gasteiger partial charge in [0.1, 0.15) is 0 Å². The van der Waals surface area contributed by atoms with Crippen LogP contribution < -0.4 is 5.32 Å². The summed E-state index contributed by atoms with van der Waals surface area (Å²) in [7, 11) is -3.50. The number of piperazine rings is 1. The second-order valence-corrected chi connectivity index (χ2v) is 9.72. The highest BCUT2D eigenvalue weighted by atomic mass is 32.2. The summed E-state index contributed by atoms with van der Waals surface area (Å²) in [5.41, 5.74) is 0. The van der Waals surface area contributed by atoms with Crippen LogP contribution in [0.2, 0.25) is 0 Å². The molecule has 0 radical (unpaired) electrons. The van der Waals surface area contributed by atoms with E-state index in [4.69, 9.17) is 0 Å². The molecule has 9 heteroatoms. The second kappa shape index (κ2) is 6.72. The molecule has 0 aromatic carbocycles. The molecule has 0 bridgehead atoms. The fraction of sp³-hybridized carbons (Fsp3) is 0.667. The molecular weight excluding hydrogens is 350 g/mol. The van der Waals surface area contributed by atoms with Gasteiger partial charge in [-0.15, -0.1) is 11.3 Å². The number of aryl methyl sites for hydroxylation is 2. The number of rotatable bonds is 3. The van der Waals surface area contributed by atoms with E-state index in [2.05, 4.69) is 5.32 Å². The third-order valence-corrected chi connectivity index (χ3v) is 7.69. The van der Waals surface area contributed by atoms with Crippen LogP contribution in [0.1, 0.15) is 16.2 Å². The van der Waals surface area contributed by atoms with Crippen LogP contribution in [0.25, 0.3) is 0 Å². The molecule has 2 atom stereocenters. The third-order valence-electron chi connectivity index (χ3n) is 4.57. The number of thiophene rings is 1. The molecule has 3 heterocycles. The van der Waals surface area contributed by atoms with Crippen LogP contribution in [0, 0.1) is 13.8 Å². The minimum Gasteiger partial charge on any atom is -0.392 e. The molecule has 0 aliphatic carbocycles. The summed E-state index contributed by atoms with van der Waals surface area (Å²) in [6.07, 6.45) is -0.0597. The van der Waals surface area contributed by atoms with Crippen LogP contribution in [0.5, 0.6) is 0 Å². The van der Waals surface area contributed by atoms with Crippen molar-refractivity contribution in [2.75, 3.05) is 32.7 Å². The molecule has 134 valence electrons. The Balaban J connectivity index is 1.64. The summed E-state index contributed by atoms with van der Waals surface area (Å²) >= 11 is 1.48. The monoisotopic (exact) mass is 373 g/mol. The lowest BCUT2D eigenvalue weighted by molar-refractivity contribution is -0.134. The van der Waals surface area contributed by atoms with Crippen LogP contribution in [-0.4, -0.2) is 73.5 Å². The molecule has 7 nitrogen and oxygen atoms in total. The van der Waals surface area contributed by atoms with Crippen molar-refractivity contribution in [2.24, 2.45) is 0 Å². The highest BCUT2D eigenvalue weighted by Gasteiger charge is 2.35. The van der Waals surface area contributed by atoms with Gasteiger partial charge in [-0.1, -0.05) is 0 Å². The van der Waals surface area contributed by atoms with Crippen LogP contribution in [0.3, 0.4) is 0 Å². The van der Waals surface area contributed by atoms with Crippen molar-refractivity contribution in [3.8, 4) is 0 Å². The summed E-state index contributed by atoms with van der Waals surface area (Å²) in [6.45, 7) is 5.53. The lowest BCUT2D eigenvalue weighted by Gasteiger charge is -2.35. The van der Waals surface area contributed by atoms with Gasteiger partial charge in [0.05, 0.1) is 17.0 Å². The number of carbonyl (C=O) groups is 1. The summed E-state index contributed by atoms with van der Waals surface area (Å²) < 4.78 is 27.0. The molecule has 2 N–H and O–H groups in total. The number of sulfonamides is 1. The Labute approximate surface area is 146 Å². The zero-order valence-electron chi connectivity index (χ0n) is 13.9. The number of hydrogen-bond acceptors (Lipinski definition) is 6. The highest BCUT2D eigenvalue weighted by molar-refractivity contribution is 7.89. The van der Waals surface area contributed by atoms with E-state index in [9.17, 15) is 18.3 Å². The number of nitrogens with one attached hydrogen (secondary N) is 1. The minimum atomic E-state index is -3.50. The van der Waals surface area contributed by atoms with Gasteiger partial charge in [0.2, 0.25) is 15.9 Å². The summed E-state index contributed by atoms with van der Waals surface area (Å²) in [4.78, 5) is 16.3. The van der Waals surface area contributed by atoms with E-state index in [0.29, 0.717) is 44.0 Å². The first-order valence-electron chi connectivity index (χ1n) is 8.06. The van der Waals surface area contributed by atoms with Crippen molar-refractivity contribution in [1.82, 2.24) is 14.5 Å². The van der Waals surface area contributed by atoms with Gasteiger partial charge < -0.3 is 15.3 Å². The highest BCUT2D eigenvalue weighted by Crippen LogP contribution is 2.28. The van der Waals surface area contributed by atoms with Gasteiger partial charge >= 0.3 is 0 Å². The summed E-state index contributed by atoms with van der Waals surface area (Å²) in [5.74, 6) is -0.0499. The first-order chi connectivity index (χ1) is 11.3. The van der Waals surface area contributed by atoms with Crippen LogP contribution in [-0.2, 0) is 14.8 Å². The van der Waals surface area contributed by atoms with Gasteiger partial charge in [-0.2, -0.15) is 4.31 Å². The number of aliphatic hydroxyl groups is 1. The molecule has 2 saturated heterocycles. The van der Waals surface area contributed by atoms with Gasteiger partial charge in [0.25, 0.3) is 0 Å². The first-order valence-corrected chi connectivity index (χ1v) is 10.3. The molecule has 1 aromatic rings. The maximum Gasteiger partial charge on any atom is 0.244 e. The Kier molecular flexibility index (Phi) is 4.99. The van der Waals surface area contributed by atoms with E-state index in [-0.39, 0.29) is 11.9 Å². The van der Waals surface area contributed by atoms with E-state index < -0.39 is 16.1 Å². The van der Waals surface area contributed by atoms with E-state index >= 15 is 0 Å². The summed E-state index contributed by atoms with van der Waals surface area (Å²) in [5, 5.41) is 12.5. The third kappa shape index (κ3) is 3.36. The minimum absolute atomic E-state index is 0.0499. The van der Waals surface area contributed by atoms with Crippen molar-refractivity contribution in [2.45, 2.75) is 37.3 Å². The quantitative estimate of drug-likeness (QED) is 0.774. The number of aliphatic hydroxyl groups excluding tert-OH is 1. The molecule has 24 heavy (non-hydrogen) atoms. The van der Waals surface area contributed by atoms with Crippen LogP contribution in [0.4, 0.5) is 0 Å². The van der Waals surface area contributed by atoms with Crippen molar-refractivity contribution < 1.29 is 18.3 Å². The number of nitrogens with zero attached hydrogens (tertiary/aromatic N) is 2. The number of β-amino-alcohol motifs (C(OH)–C–C–N with tert-alkyl or cyclic N) is 1. The van der Waals surface area contributed by atoms with Crippen molar-refractivity contribution >= 4 is 27.3 Å². The zero-order chi connectivity index (χ0) is 17.5. The molecule has 2 aliphatic heterocycles. The lowest BCUT2D eigenvalue weighted by Crippen LogP contribution is -2.54. The molecule has 3 rings (SSSR count). The lowest BCUT2D eigenvalue weighted by atomic mass is 10.1. The number of carbonyl (C=O) groups excluding carboxylic acids is 1. The molecule has 1 aromatic heterocycles. The predicted molar refractivity (Wildman–Crippen MR) is 91.5 cm³/mol. The Morgan fingerprint density at radius 1 is 1.29 bits per heavy atom. The molecule has 2 aliphatic rings. The van der Waals surface area contributed by atoms with Gasteiger partial charge in [-0.3, -0.25) is 4.79 Å². The standard InChI is InChI=1S/C15H23N3O4S2/c1-10-7-14(11(2)23-10)24(21,22)18-5-3-17(4-6-18)15(20)13-8-12(19)9-16-13/h7,12-13,16,19H,3-6,8-9H2,1-2H3.